The summed E-state index contributed by atoms with van der Waals surface area (Å²) >= 11 is 3.62. The molecule has 2 heteroatoms. The Balaban J connectivity index is 0.00000208. The molecule has 0 nitrogen and oxygen atoms in total. The van der Waals surface area contributed by atoms with Gasteiger partial charge in [0.05, 0.1) is 0 Å². The van der Waals surface area contributed by atoms with Crippen molar-refractivity contribution in [2.24, 2.45) is 0 Å². The average Bonchev–Trinajstić information content (AvgIpc) is 2.65. The van der Waals surface area contributed by atoms with E-state index in [-0.39, 0.29) is 15.3 Å². The third-order valence-electron chi connectivity index (χ3n) is 4.49. The van der Waals surface area contributed by atoms with E-state index >= 15 is 0 Å². The van der Waals surface area contributed by atoms with Crippen LogP contribution >= 0.6 is 25.8 Å². The lowest BCUT2D eigenvalue weighted by Crippen LogP contribution is -2.29. The standard InChI is InChI=1S/C22H21Br.H3P/c23-18-10-17-22(19-11-4-1-5-12-19,20-13-6-2-7-14-20)21-15-8-3-9-16-21;/h1-9,11-16H,10,17-18H2;1H3. The molecule has 0 aliphatic heterocycles. The number of alkyl halides is 1. The summed E-state index contributed by atoms with van der Waals surface area (Å²) in [4.78, 5) is 0. The first kappa shape index (κ1) is 18.9. The summed E-state index contributed by atoms with van der Waals surface area (Å²) in [5.74, 6) is 0. The van der Waals surface area contributed by atoms with Crippen molar-refractivity contribution in [1.29, 1.82) is 0 Å². The van der Waals surface area contributed by atoms with Crippen LogP contribution < -0.4 is 0 Å². The van der Waals surface area contributed by atoms with Crippen LogP contribution in [-0.4, -0.2) is 5.33 Å². The average molecular weight is 399 g/mol. The van der Waals surface area contributed by atoms with E-state index in [9.17, 15) is 0 Å². The van der Waals surface area contributed by atoms with Crippen LogP contribution in [0.15, 0.2) is 91.0 Å². The van der Waals surface area contributed by atoms with Crippen LogP contribution in [0, 0.1) is 0 Å². The summed E-state index contributed by atoms with van der Waals surface area (Å²) in [6, 6.07) is 32.7. The van der Waals surface area contributed by atoms with E-state index in [0.717, 1.165) is 18.2 Å². The highest BCUT2D eigenvalue weighted by atomic mass is 79.9. The number of hydrogen-bond donors (Lipinski definition) is 0. The summed E-state index contributed by atoms with van der Waals surface area (Å²) < 4.78 is 0. The van der Waals surface area contributed by atoms with Gasteiger partial charge in [-0.05, 0) is 29.5 Å². The maximum absolute atomic E-state index is 3.62. The fourth-order valence-corrected chi connectivity index (χ4v) is 3.71. The van der Waals surface area contributed by atoms with E-state index in [1.54, 1.807) is 0 Å². The monoisotopic (exact) mass is 398 g/mol. The minimum absolute atomic E-state index is 0. The maximum atomic E-state index is 3.62. The van der Waals surface area contributed by atoms with Gasteiger partial charge in [-0.25, -0.2) is 0 Å². The SMILES string of the molecule is BrCCCC(c1ccccc1)(c1ccccc1)c1ccccc1.P. The van der Waals surface area contributed by atoms with Gasteiger partial charge in [-0.1, -0.05) is 107 Å². The van der Waals surface area contributed by atoms with E-state index < -0.39 is 0 Å². The molecule has 3 rings (SSSR count). The lowest BCUT2D eigenvalue weighted by atomic mass is 9.67. The molecule has 0 spiro atoms. The van der Waals surface area contributed by atoms with Crippen LogP contribution in [0.1, 0.15) is 29.5 Å². The molecular formula is C22H24BrP. The quantitative estimate of drug-likeness (QED) is 0.261. The summed E-state index contributed by atoms with van der Waals surface area (Å²) in [5.41, 5.74) is 3.98. The summed E-state index contributed by atoms with van der Waals surface area (Å²) in [5, 5.41) is 1.02. The molecule has 0 fully saturated rings. The van der Waals surface area contributed by atoms with Gasteiger partial charge in [0.15, 0.2) is 0 Å². The van der Waals surface area contributed by atoms with Gasteiger partial charge in [-0.2, -0.15) is 9.90 Å². The molecule has 0 aliphatic rings. The number of rotatable bonds is 6. The van der Waals surface area contributed by atoms with Gasteiger partial charge < -0.3 is 0 Å². The Hall–Kier alpha value is -1.43. The first-order valence-corrected chi connectivity index (χ1v) is 9.22. The summed E-state index contributed by atoms with van der Waals surface area (Å²) in [6.45, 7) is 0. The van der Waals surface area contributed by atoms with Gasteiger partial charge in [-0.15, -0.1) is 0 Å². The third kappa shape index (κ3) is 3.79. The highest BCUT2D eigenvalue weighted by Gasteiger charge is 2.35. The van der Waals surface area contributed by atoms with Crippen molar-refractivity contribution in [1.82, 2.24) is 0 Å². The summed E-state index contributed by atoms with van der Waals surface area (Å²) in [6.07, 6.45) is 2.20. The molecular weight excluding hydrogens is 375 g/mol. The fourth-order valence-electron chi connectivity index (χ4n) is 3.43. The van der Waals surface area contributed by atoms with E-state index in [0.29, 0.717) is 0 Å². The Labute approximate surface area is 157 Å². The molecule has 0 amide bonds. The fraction of sp³-hybridized carbons (Fsp3) is 0.182. The van der Waals surface area contributed by atoms with Crippen molar-refractivity contribution in [3.05, 3.63) is 108 Å². The molecule has 0 heterocycles. The molecule has 3 aromatic rings. The van der Waals surface area contributed by atoms with E-state index in [4.69, 9.17) is 0 Å². The molecule has 0 radical (unpaired) electrons. The van der Waals surface area contributed by atoms with Gasteiger partial charge >= 0.3 is 0 Å². The Morgan fingerprint density at radius 2 is 0.917 bits per heavy atom. The molecule has 24 heavy (non-hydrogen) atoms. The van der Waals surface area contributed by atoms with Crippen molar-refractivity contribution in [3.8, 4) is 0 Å². The van der Waals surface area contributed by atoms with Crippen LogP contribution in [0.25, 0.3) is 0 Å². The maximum Gasteiger partial charge on any atom is 0.0451 e. The van der Waals surface area contributed by atoms with E-state index in [2.05, 4.69) is 107 Å². The van der Waals surface area contributed by atoms with E-state index in [1.165, 1.54) is 16.7 Å². The van der Waals surface area contributed by atoms with Crippen molar-refractivity contribution in [3.63, 3.8) is 0 Å². The van der Waals surface area contributed by atoms with Crippen LogP contribution in [-0.2, 0) is 5.41 Å². The van der Waals surface area contributed by atoms with Gasteiger partial charge in [-0.3, -0.25) is 0 Å². The second-order valence-corrected chi connectivity index (χ2v) is 6.59. The minimum atomic E-state index is -0.0997. The molecule has 0 aliphatic carbocycles. The molecule has 0 saturated heterocycles. The lowest BCUT2D eigenvalue weighted by Gasteiger charge is -2.36. The zero-order chi connectivity index (χ0) is 16.0. The zero-order valence-corrected chi connectivity index (χ0v) is 16.9. The first-order valence-electron chi connectivity index (χ1n) is 8.10. The second kappa shape index (κ2) is 9.16. The van der Waals surface area contributed by atoms with Crippen LogP contribution in [0.2, 0.25) is 0 Å². The minimum Gasteiger partial charge on any atom is -0.153 e. The molecule has 0 bridgehead atoms. The number of hydrogen-bond acceptors (Lipinski definition) is 0. The van der Waals surface area contributed by atoms with Crippen LogP contribution in [0.3, 0.4) is 0 Å². The molecule has 0 aromatic heterocycles. The van der Waals surface area contributed by atoms with Gasteiger partial charge in [0.2, 0.25) is 0 Å². The predicted octanol–water partition coefficient (Wildman–Crippen LogP) is 6.25. The Kier molecular flexibility index (Phi) is 7.21. The molecule has 124 valence electrons. The normalized spacial score (nSPS) is 10.9. The highest BCUT2D eigenvalue weighted by Crippen LogP contribution is 2.43. The van der Waals surface area contributed by atoms with Crippen molar-refractivity contribution >= 4 is 25.8 Å². The van der Waals surface area contributed by atoms with Crippen molar-refractivity contribution in [2.75, 3.05) is 5.33 Å². The third-order valence-corrected chi connectivity index (χ3v) is 5.05. The van der Waals surface area contributed by atoms with Gasteiger partial charge in [0.25, 0.3) is 0 Å². The molecule has 3 aromatic carbocycles. The second-order valence-electron chi connectivity index (χ2n) is 5.80. The largest absolute Gasteiger partial charge is 0.153 e. The van der Waals surface area contributed by atoms with Crippen molar-refractivity contribution < 1.29 is 0 Å². The molecule has 1 unspecified atom stereocenters. The van der Waals surface area contributed by atoms with Crippen molar-refractivity contribution in [2.45, 2.75) is 18.3 Å². The predicted molar refractivity (Wildman–Crippen MR) is 113 cm³/mol. The Morgan fingerprint density at radius 3 is 1.21 bits per heavy atom. The Morgan fingerprint density at radius 1 is 0.583 bits per heavy atom. The first-order chi connectivity index (χ1) is 11.4. The highest BCUT2D eigenvalue weighted by molar-refractivity contribution is 9.09. The molecule has 0 N–H and O–H groups in total. The topological polar surface area (TPSA) is 0 Å². The lowest BCUT2D eigenvalue weighted by molar-refractivity contribution is 0.554. The smallest absolute Gasteiger partial charge is 0.0451 e. The van der Waals surface area contributed by atoms with E-state index in [1.807, 2.05) is 0 Å². The number of halogens is 1. The van der Waals surface area contributed by atoms with Gasteiger partial charge in [0, 0.05) is 10.7 Å². The van der Waals surface area contributed by atoms with Crippen LogP contribution in [0.5, 0.6) is 0 Å². The zero-order valence-electron chi connectivity index (χ0n) is 13.9. The number of benzene rings is 3. The molecule has 1 atom stereocenters. The van der Waals surface area contributed by atoms with Gasteiger partial charge in [0.1, 0.15) is 0 Å². The Bertz CT molecular complexity index is 614. The van der Waals surface area contributed by atoms with Crippen LogP contribution in [0.4, 0.5) is 0 Å². The molecule has 0 saturated carbocycles. The summed E-state index contributed by atoms with van der Waals surface area (Å²) in [7, 11) is 0.